The van der Waals surface area contributed by atoms with E-state index in [2.05, 4.69) is 41.5 Å². The molecule has 1 unspecified atom stereocenters. The summed E-state index contributed by atoms with van der Waals surface area (Å²) in [6, 6.07) is 0. The number of ether oxygens (including phenoxy) is 1. The lowest BCUT2D eigenvalue weighted by Gasteiger charge is -2.25. The molecule has 0 bridgehead atoms. The average molecular weight is 286 g/mol. The fraction of sp³-hybridized carbons (Fsp3) is 1.00. The van der Waals surface area contributed by atoms with Gasteiger partial charge in [-0.3, -0.25) is 0 Å². The van der Waals surface area contributed by atoms with Gasteiger partial charge >= 0.3 is 14.5 Å². The van der Waals surface area contributed by atoms with Gasteiger partial charge in [0.25, 0.3) is 0 Å². The zero-order chi connectivity index (χ0) is 14.7. The Kier molecular flexibility index (Phi) is 12.5. The molecule has 19 heavy (non-hydrogen) atoms. The molecular formula is C16H35AlO2. The molecule has 0 aromatic carbocycles. The van der Waals surface area contributed by atoms with Crippen molar-refractivity contribution in [3.63, 3.8) is 0 Å². The van der Waals surface area contributed by atoms with Gasteiger partial charge in [-0.05, 0) is 12.8 Å². The van der Waals surface area contributed by atoms with Crippen LogP contribution in [0.25, 0.3) is 0 Å². The maximum Gasteiger partial charge on any atom is 0.463 e. The van der Waals surface area contributed by atoms with Gasteiger partial charge in [-0.25, -0.2) is 0 Å². The van der Waals surface area contributed by atoms with Crippen molar-refractivity contribution in [3.8, 4) is 0 Å². The maximum atomic E-state index is 6.38. The molecule has 0 saturated carbocycles. The topological polar surface area (TPSA) is 18.5 Å². The minimum atomic E-state index is -1.12. The summed E-state index contributed by atoms with van der Waals surface area (Å²) in [5.41, 5.74) is 0. The van der Waals surface area contributed by atoms with E-state index >= 15 is 0 Å². The second kappa shape index (κ2) is 12.2. The van der Waals surface area contributed by atoms with Crippen molar-refractivity contribution in [2.24, 2.45) is 11.8 Å². The molecule has 0 aliphatic carbocycles. The summed E-state index contributed by atoms with van der Waals surface area (Å²) >= 11 is -1.12. The second-order valence-electron chi connectivity index (χ2n) is 6.46. The fourth-order valence-electron chi connectivity index (χ4n) is 2.26. The highest BCUT2D eigenvalue weighted by Crippen LogP contribution is 2.19. The SMILES string of the molecule is CCCCOC(CCC)[O][Al]([CH2]C(C)C)[CH2]C(C)C. The quantitative estimate of drug-likeness (QED) is 0.277. The third-order valence-corrected chi connectivity index (χ3v) is 6.76. The Morgan fingerprint density at radius 3 is 1.89 bits per heavy atom. The summed E-state index contributed by atoms with van der Waals surface area (Å²) in [7, 11) is 0. The largest absolute Gasteiger partial charge is 0.478 e. The molecule has 0 saturated heterocycles. The van der Waals surface area contributed by atoms with Crippen molar-refractivity contribution in [2.75, 3.05) is 6.61 Å². The molecule has 0 aliphatic rings. The first-order chi connectivity index (χ1) is 8.99. The summed E-state index contributed by atoms with van der Waals surface area (Å²) in [6.07, 6.45) is 4.58. The average Bonchev–Trinajstić information content (AvgIpc) is 2.27. The van der Waals surface area contributed by atoms with Gasteiger partial charge in [-0.1, -0.05) is 76.8 Å². The van der Waals surface area contributed by atoms with Gasteiger partial charge < -0.3 is 8.53 Å². The Morgan fingerprint density at radius 1 is 0.895 bits per heavy atom. The summed E-state index contributed by atoms with van der Waals surface area (Å²) in [5.74, 6) is 1.49. The molecule has 1 atom stereocenters. The summed E-state index contributed by atoms with van der Waals surface area (Å²) < 4.78 is 12.3. The van der Waals surface area contributed by atoms with Gasteiger partial charge in [-0.15, -0.1) is 0 Å². The predicted octanol–water partition coefficient (Wildman–Crippen LogP) is 5.25. The minimum absolute atomic E-state index is 0.0608. The van der Waals surface area contributed by atoms with Gasteiger partial charge in [0.1, 0.15) is 6.29 Å². The smallest absolute Gasteiger partial charge is 0.463 e. The Balaban J connectivity index is 4.27. The third kappa shape index (κ3) is 11.9. The molecule has 0 fully saturated rings. The van der Waals surface area contributed by atoms with Crippen LogP contribution in [0.15, 0.2) is 0 Å². The molecule has 2 nitrogen and oxygen atoms in total. The Labute approximate surface area is 126 Å². The molecule has 0 aromatic rings. The van der Waals surface area contributed by atoms with Gasteiger partial charge in [0.15, 0.2) is 0 Å². The Bertz CT molecular complexity index is 185. The first-order valence-corrected chi connectivity index (χ1v) is 10.4. The van der Waals surface area contributed by atoms with Crippen LogP contribution in [-0.2, 0) is 8.53 Å². The molecule has 0 N–H and O–H groups in total. The van der Waals surface area contributed by atoms with Gasteiger partial charge in [-0.2, -0.15) is 0 Å². The van der Waals surface area contributed by atoms with Crippen molar-refractivity contribution < 1.29 is 8.53 Å². The van der Waals surface area contributed by atoms with E-state index in [1.165, 1.54) is 17.0 Å². The standard InChI is InChI=1S/C8H17O2.2C4H9.Al/c1-3-5-7-10-8(9)6-4-2;2*1-4(2)3;/h8H,3-7H2,1-2H3;2*4H,1H2,2-3H3;/q-1;;;+1. The van der Waals surface area contributed by atoms with E-state index < -0.39 is 14.5 Å². The fourth-order valence-corrected chi connectivity index (χ4v) is 5.42. The van der Waals surface area contributed by atoms with Crippen LogP contribution in [0.1, 0.15) is 67.2 Å². The highest BCUT2D eigenvalue weighted by molar-refractivity contribution is 6.52. The van der Waals surface area contributed by atoms with E-state index in [4.69, 9.17) is 8.53 Å². The van der Waals surface area contributed by atoms with Crippen LogP contribution >= 0.6 is 0 Å². The van der Waals surface area contributed by atoms with Crippen molar-refractivity contribution in [1.29, 1.82) is 0 Å². The van der Waals surface area contributed by atoms with Crippen LogP contribution in [0.5, 0.6) is 0 Å². The molecule has 0 amide bonds. The highest BCUT2D eigenvalue weighted by atomic mass is 27.2. The van der Waals surface area contributed by atoms with Crippen molar-refractivity contribution in [1.82, 2.24) is 0 Å². The van der Waals surface area contributed by atoms with E-state index in [0.717, 1.165) is 37.7 Å². The lowest BCUT2D eigenvalue weighted by atomic mass is 10.3. The molecule has 0 radical (unpaired) electrons. The number of unbranched alkanes of at least 4 members (excludes halogenated alkanes) is 1. The van der Waals surface area contributed by atoms with E-state index in [-0.39, 0.29) is 6.29 Å². The first-order valence-electron chi connectivity index (χ1n) is 8.26. The molecule has 0 rings (SSSR count). The number of hydrogen-bond acceptors (Lipinski definition) is 2. The van der Waals surface area contributed by atoms with Crippen LogP contribution < -0.4 is 0 Å². The molecule has 3 heteroatoms. The first kappa shape index (κ1) is 19.5. The zero-order valence-corrected chi connectivity index (χ0v) is 15.2. The predicted molar refractivity (Wildman–Crippen MR) is 85.7 cm³/mol. The van der Waals surface area contributed by atoms with E-state index in [0.29, 0.717) is 0 Å². The Morgan fingerprint density at radius 2 is 1.47 bits per heavy atom. The van der Waals surface area contributed by atoms with Crippen molar-refractivity contribution in [2.45, 2.75) is 84.1 Å². The summed E-state index contributed by atoms with van der Waals surface area (Å²) in [4.78, 5) is 0. The lowest BCUT2D eigenvalue weighted by Crippen LogP contribution is -2.30. The molecule has 114 valence electrons. The van der Waals surface area contributed by atoms with Crippen LogP contribution in [0.2, 0.25) is 10.6 Å². The van der Waals surface area contributed by atoms with Gasteiger partial charge in [0, 0.05) is 6.61 Å². The normalized spacial score (nSPS) is 13.3. The second-order valence-corrected chi connectivity index (χ2v) is 8.92. The van der Waals surface area contributed by atoms with Crippen LogP contribution in [0.3, 0.4) is 0 Å². The zero-order valence-electron chi connectivity index (χ0n) is 14.1. The van der Waals surface area contributed by atoms with E-state index in [1.54, 1.807) is 0 Å². The molecule has 0 spiro atoms. The maximum absolute atomic E-state index is 6.38. The summed E-state index contributed by atoms with van der Waals surface area (Å²) in [5, 5.41) is 2.55. The van der Waals surface area contributed by atoms with E-state index in [1.807, 2.05) is 0 Å². The molecule has 0 aromatic heterocycles. The van der Waals surface area contributed by atoms with Crippen LogP contribution in [0.4, 0.5) is 0 Å². The summed E-state index contributed by atoms with van der Waals surface area (Å²) in [6.45, 7) is 14.5. The van der Waals surface area contributed by atoms with Crippen molar-refractivity contribution in [3.05, 3.63) is 0 Å². The van der Waals surface area contributed by atoms with Crippen LogP contribution in [0, 0.1) is 11.8 Å². The number of hydrogen-bond donors (Lipinski definition) is 0. The minimum Gasteiger partial charge on any atom is -0.478 e. The number of rotatable bonds is 12. The monoisotopic (exact) mass is 286 g/mol. The third-order valence-electron chi connectivity index (χ3n) is 3.14. The highest BCUT2D eigenvalue weighted by Gasteiger charge is 2.26. The van der Waals surface area contributed by atoms with Crippen molar-refractivity contribution >= 4 is 14.5 Å². The van der Waals surface area contributed by atoms with E-state index in [9.17, 15) is 0 Å². The van der Waals surface area contributed by atoms with Gasteiger partial charge in [0.2, 0.25) is 0 Å². The molecule has 0 heterocycles. The Hall–Kier alpha value is 0.452. The van der Waals surface area contributed by atoms with Crippen LogP contribution in [-0.4, -0.2) is 27.4 Å². The molecular weight excluding hydrogens is 251 g/mol. The van der Waals surface area contributed by atoms with Gasteiger partial charge in [0.05, 0.1) is 0 Å². The molecule has 0 aliphatic heterocycles. The lowest BCUT2D eigenvalue weighted by molar-refractivity contribution is -0.0890.